The van der Waals surface area contributed by atoms with Crippen LogP contribution < -0.4 is 16.0 Å². The first-order valence-electron chi connectivity index (χ1n) is 12.9. The van der Waals surface area contributed by atoms with Gasteiger partial charge >= 0.3 is 0 Å². The Morgan fingerprint density at radius 3 is 1.65 bits per heavy atom. The SMILES string of the molecule is Cc1ccc(Sc2ccccc2N)c(C)c1.Cc1ccc(Sc2ccccc2N2CCNCC2)c(C)c1.I.II. The summed E-state index contributed by atoms with van der Waals surface area (Å²) < 4.78 is 0. The number of rotatable bonds is 5. The van der Waals surface area contributed by atoms with E-state index in [0.717, 1.165) is 36.8 Å². The molecule has 1 fully saturated rings. The number of para-hydroxylation sites is 2. The lowest BCUT2D eigenvalue weighted by Crippen LogP contribution is -2.43. The van der Waals surface area contributed by atoms with Crippen LogP contribution in [0.5, 0.6) is 0 Å². The number of nitrogens with two attached hydrogens (primary N) is 1. The molecule has 0 bridgehead atoms. The maximum absolute atomic E-state index is 5.93. The molecule has 0 saturated carbocycles. The van der Waals surface area contributed by atoms with E-state index in [1.165, 1.54) is 42.6 Å². The summed E-state index contributed by atoms with van der Waals surface area (Å²) in [5.74, 6) is 0. The summed E-state index contributed by atoms with van der Waals surface area (Å²) in [4.78, 5) is 7.58. The number of hydrogen-bond donors (Lipinski definition) is 2. The summed E-state index contributed by atoms with van der Waals surface area (Å²) >= 11 is 7.85. The molecule has 0 unspecified atom stereocenters. The zero-order valence-corrected chi connectivity index (χ0v) is 31.7. The topological polar surface area (TPSA) is 41.3 Å². The van der Waals surface area contributed by atoms with Crippen molar-refractivity contribution < 1.29 is 0 Å². The van der Waals surface area contributed by atoms with Crippen molar-refractivity contribution in [2.45, 2.75) is 47.3 Å². The first kappa shape index (κ1) is 35.5. The fourth-order valence-electron chi connectivity index (χ4n) is 4.35. The third kappa shape index (κ3) is 10.9. The third-order valence-electron chi connectivity index (χ3n) is 6.34. The van der Waals surface area contributed by atoms with Crippen LogP contribution in [-0.2, 0) is 0 Å². The second kappa shape index (κ2) is 18.8. The van der Waals surface area contributed by atoms with Gasteiger partial charge in [-0.2, -0.15) is 0 Å². The fraction of sp³-hybridized carbons (Fsp3) is 0.250. The number of benzene rings is 4. The highest BCUT2D eigenvalue weighted by Gasteiger charge is 2.15. The van der Waals surface area contributed by atoms with E-state index in [1.807, 2.05) is 30.0 Å². The van der Waals surface area contributed by atoms with Crippen LogP contribution in [0.3, 0.4) is 0 Å². The van der Waals surface area contributed by atoms with Crippen LogP contribution in [0, 0.1) is 27.7 Å². The minimum absolute atomic E-state index is 0. The van der Waals surface area contributed by atoms with E-state index in [2.05, 4.69) is 142 Å². The van der Waals surface area contributed by atoms with Gasteiger partial charge in [0.25, 0.3) is 0 Å². The molecule has 3 N–H and O–H groups in total. The number of halogens is 3. The van der Waals surface area contributed by atoms with Crippen LogP contribution in [0.4, 0.5) is 11.4 Å². The van der Waals surface area contributed by atoms with E-state index in [4.69, 9.17) is 5.73 Å². The monoisotopic (exact) mass is 909 g/mol. The molecule has 1 heterocycles. The molecule has 5 rings (SSSR count). The van der Waals surface area contributed by atoms with Crippen molar-refractivity contribution in [2.75, 3.05) is 36.8 Å². The van der Waals surface area contributed by atoms with Crippen LogP contribution in [-0.4, -0.2) is 26.2 Å². The van der Waals surface area contributed by atoms with Crippen LogP contribution in [0.1, 0.15) is 22.3 Å². The molecule has 4 aromatic carbocycles. The van der Waals surface area contributed by atoms with Gasteiger partial charge < -0.3 is 16.0 Å². The lowest BCUT2D eigenvalue weighted by Gasteiger charge is -2.31. The molecule has 0 atom stereocenters. The molecular formula is C32H38I3N3S2. The molecule has 0 radical (unpaired) electrons. The van der Waals surface area contributed by atoms with Gasteiger partial charge in [-0.05, 0) is 75.2 Å². The Hall–Kier alpha value is -0.670. The van der Waals surface area contributed by atoms with Crippen molar-refractivity contribution in [1.82, 2.24) is 5.32 Å². The summed E-state index contributed by atoms with van der Waals surface area (Å²) in [5.41, 5.74) is 13.4. The summed E-state index contributed by atoms with van der Waals surface area (Å²) in [5, 5.41) is 3.42. The highest BCUT2D eigenvalue weighted by atomic mass is 128. The second-order valence-corrected chi connectivity index (χ2v) is 11.7. The van der Waals surface area contributed by atoms with E-state index in [-0.39, 0.29) is 24.0 Å². The van der Waals surface area contributed by atoms with Crippen molar-refractivity contribution >= 4 is 96.1 Å². The number of aryl methyl sites for hydroxylation is 4. The van der Waals surface area contributed by atoms with Gasteiger partial charge in [-0.3, -0.25) is 0 Å². The van der Waals surface area contributed by atoms with Crippen molar-refractivity contribution in [1.29, 1.82) is 0 Å². The van der Waals surface area contributed by atoms with Gasteiger partial charge in [-0.15, -0.1) is 24.0 Å². The maximum atomic E-state index is 5.93. The standard InChI is InChI=1S/C18H22N2S.C14H15NS.I2.HI/c1-14-7-8-17(15(2)13-14)21-18-6-4-3-5-16(18)20-11-9-19-10-12-20;1-10-7-8-13(11(2)9-10)16-14-6-4-3-5-12(14)15;1-2;/h3-8,13,19H,9-12H2,1-2H3;3-9H,15H2,1-2H3;;1H. The average molecular weight is 910 g/mol. The average Bonchev–Trinajstić information content (AvgIpc) is 2.95. The Kier molecular flexibility index (Phi) is 16.7. The molecule has 1 saturated heterocycles. The maximum Gasteiger partial charge on any atom is 0.0508 e. The molecule has 1 aliphatic rings. The van der Waals surface area contributed by atoms with Gasteiger partial charge in [-0.1, -0.05) is 83.2 Å². The van der Waals surface area contributed by atoms with E-state index in [1.54, 1.807) is 11.8 Å². The van der Waals surface area contributed by atoms with Crippen LogP contribution in [0.15, 0.2) is 105 Å². The molecule has 0 aliphatic carbocycles. The lowest BCUT2D eigenvalue weighted by molar-refractivity contribution is 0.587. The largest absolute Gasteiger partial charge is 0.398 e. The minimum atomic E-state index is 0. The highest BCUT2D eigenvalue weighted by molar-refractivity contribution is 15.0. The fourth-order valence-corrected chi connectivity index (χ4v) is 6.32. The predicted molar refractivity (Wildman–Crippen MR) is 206 cm³/mol. The van der Waals surface area contributed by atoms with Crippen molar-refractivity contribution in [3.63, 3.8) is 0 Å². The Balaban J connectivity index is 0.000000266. The normalized spacial score (nSPS) is 12.3. The van der Waals surface area contributed by atoms with Gasteiger partial charge in [-0.25, -0.2) is 0 Å². The summed E-state index contributed by atoms with van der Waals surface area (Å²) in [6, 6.07) is 29.9. The minimum Gasteiger partial charge on any atom is -0.398 e. The van der Waals surface area contributed by atoms with Crippen molar-refractivity contribution in [3.8, 4) is 0 Å². The van der Waals surface area contributed by atoms with Crippen LogP contribution in [0.25, 0.3) is 0 Å². The summed E-state index contributed by atoms with van der Waals surface area (Å²) in [6.07, 6.45) is 0. The van der Waals surface area contributed by atoms with Gasteiger partial charge in [0.05, 0.1) is 5.69 Å². The Labute approximate surface area is 289 Å². The van der Waals surface area contributed by atoms with Crippen LogP contribution in [0.2, 0.25) is 0 Å². The van der Waals surface area contributed by atoms with Gasteiger partial charge in [0, 0.05) is 88.7 Å². The Morgan fingerprint density at radius 2 is 1.12 bits per heavy atom. The number of nitrogens with zero attached hydrogens (tertiary/aromatic N) is 1. The number of anilines is 2. The Morgan fingerprint density at radius 1 is 0.650 bits per heavy atom. The number of piperazine rings is 1. The zero-order chi connectivity index (χ0) is 28.2. The number of hydrogen-bond acceptors (Lipinski definition) is 5. The predicted octanol–water partition coefficient (Wildman–Crippen LogP) is 10.3. The van der Waals surface area contributed by atoms with Crippen LogP contribution >= 0.6 is 84.7 Å². The molecular weight excluding hydrogens is 871 g/mol. The van der Waals surface area contributed by atoms with Gasteiger partial charge in [0.15, 0.2) is 0 Å². The van der Waals surface area contributed by atoms with E-state index in [9.17, 15) is 0 Å². The highest BCUT2D eigenvalue weighted by Crippen LogP contribution is 2.37. The lowest BCUT2D eigenvalue weighted by atomic mass is 10.2. The molecule has 8 heteroatoms. The number of nitrogen functional groups attached to an aromatic ring is 1. The van der Waals surface area contributed by atoms with E-state index in [0.29, 0.717) is 0 Å². The first-order valence-corrected chi connectivity index (χ1v) is 20.9. The third-order valence-corrected chi connectivity index (χ3v) is 8.86. The van der Waals surface area contributed by atoms with Gasteiger partial charge in [0.1, 0.15) is 0 Å². The molecule has 214 valence electrons. The molecule has 0 aromatic heterocycles. The van der Waals surface area contributed by atoms with Crippen molar-refractivity contribution in [3.05, 3.63) is 107 Å². The van der Waals surface area contributed by atoms with E-state index < -0.39 is 0 Å². The smallest absolute Gasteiger partial charge is 0.0508 e. The number of nitrogens with one attached hydrogen (secondary N) is 1. The zero-order valence-electron chi connectivity index (χ0n) is 23.4. The van der Waals surface area contributed by atoms with Gasteiger partial charge in [0.2, 0.25) is 0 Å². The first-order chi connectivity index (χ1) is 18.9. The Bertz CT molecular complexity index is 1340. The summed E-state index contributed by atoms with van der Waals surface area (Å²) in [6.45, 7) is 12.9. The van der Waals surface area contributed by atoms with E-state index >= 15 is 0 Å². The molecule has 0 spiro atoms. The molecule has 4 aromatic rings. The quantitative estimate of drug-likeness (QED) is 0.154. The van der Waals surface area contributed by atoms with Crippen molar-refractivity contribution in [2.24, 2.45) is 0 Å². The molecule has 40 heavy (non-hydrogen) atoms. The molecule has 0 amide bonds. The second-order valence-electron chi connectivity index (χ2n) is 9.48. The molecule has 3 nitrogen and oxygen atoms in total. The summed E-state index contributed by atoms with van der Waals surface area (Å²) in [7, 11) is 0. The molecule has 1 aliphatic heterocycles.